The van der Waals surface area contributed by atoms with Crippen molar-refractivity contribution in [3.63, 3.8) is 0 Å². The second-order valence-corrected chi connectivity index (χ2v) is 16.9. The van der Waals surface area contributed by atoms with Crippen LogP contribution in [0, 0.1) is 0 Å². The Balaban J connectivity index is 1.31. The third-order valence-electron chi connectivity index (χ3n) is 9.68. The number of esters is 1. The van der Waals surface area contributed by atoms with Crippen molar-refractivity contribution in [3.05, 3.63) is 107 Å². The van der Waals surface area contributed by atoms with Gasteiger partial charge in [0.25, 0.3) is 0 Å². The van der Waals surface area contributed by atoms with Crippen molar-refractivity contribution in [1.29, 1.82) is 0 Å². The molecule has 14 nitrogen and oxygen atoms in total. The molecule has 1 aromatic heterocycles. The zero-order chi connectivity index (χ0) is 41.6. The first-order valence-corrected chi connectivity index (χ1v) is 19.7. The SMILES string of the molecule is CC(C)(C)OC(=O)c1ccc(NC(=O)C2C(OC3CCN(C(=O)OC(C)(C)C)CC3)CC(c3ccccc3)CN2C(=O)C=Cc2cc(Cl)ccc2-n2cnnn2)cc1. The molecule has 1 N–H and O–H groups in total. The van der Waals surface area contributed by atoms with E-state index in [1.54, 1.807) is 79.1 Å². The fourth-order valence-corrected chi connectivity index (χ4v) is 7.24. The zero-order valence-corrected chi connectivity index (χ0v) is 34.4. The van der Waals surface area contributed by atoms with Gasteiger partial charge in [-0.3, -0.25) is 9.59 Å². The number of nitrogens with one attached hydrogen (secondary N) is 1. The fraction of sp³-hybridized carbons (Fsp3) is 0.419. The number of halogens is 1. The first-order valence-electron chi connectivity index (χ1n) is 19.4. The summed E-state index contributed by atoms with van der Waals surface area (Å²) in [5, 5.41) is 14.9. The van der Waals surface area contributed by atoms with E-state index in [-0.39, 0.29) is 24.7 Å². The summed E-state index contributed by atoms with van der Waals surface area (Å²) >= 11 is 6.38. The summed E-state index contributed by atoms with van der Waals surface area (Å²) in [5.41, 5.74) is 1.66. The number of anilines is 1. The fourth-order valence-electron chi connectivity index (χ4n) is 7.06. The van der Waals surface area contributed by atoms with E-state index < -0.39 is 41.1 Å². The van der Waals surface area contributed by atoms with E-state index in [9.17, 15) is 19.2 Å². The maximum absolute atomic E-state index is 14.6. The normalized spacial score (nSPS) is 19.2. The third-order valence-corrected chi connectivity index (χ3v) is 9.92. The molecule has 0 saturated carbocycles. The highest BCUT2D eigenvalue weighted by atomic mass is 35.5. The second kappa shape index (κ2) is 17.9. The van der Waals surface area contributed by atoms with Gasteiger partial charge >= 0.3 is 12.1 Å². The number of piperidine rings is 2. The van der Waals surface area contributed by atoms with Crippen molar-refractivity contribution >= 4 is 47.2 Å². The molecule has 58 heavy (non-hydrogen) atoms. The van der Waals surface area contributed by atoms with Crippen LogP contribution in [0.2, 0.25) is 5.02 Å². The van der Waals surface area contributed by atoms with Gasteiger partial charge in [-0.2, -0.15) is 4.68 Å². The van der Waals surface area contributed by atoms with Crippen molar-refractivity contribution < 1.29 is 33.4 Å². The van der Waals surface area contributed by atoms with Gasteiger partial charge in [0, 0.05) is 47.9 Å². The number of hydrogen-bond donors (Lipinski definition) is 1. The van der Waals surface area contributed by atoms with Gasteiger partial charge < -0.3 is 29.3 Å². The number of amides is 3. The molecule has 3 atom stereocenters. The lowest BCUT2D eigenvalue weighted by Crippen LogP contribution is -2.59. The van der Waals surface area contributed by atoms with Crippen molar-refractivity contribution in [2.45, 2.75) is 96.2 Å². The number of ether oxygens (including phenoxy) is 3. The van der Waals surface area contributed by atoms with Crippen molar-refractivity contribution in [2.75, 3.05) is 25.0 Å². The molecule has 0 radical (unpaired) electrons. The van der Waals surface area contributed by atoms with Crippen LogP contribution in [0.3, 0.4) is 0 Å². The number of benzene rings is 3. The van der Waals surface area contributed by atoms with E-state index in [0.717, 1.165) is 5.56 Å². The quantitative estimate of drug-likeness (QED) is 0.137. The molecule has 2 fully saturated rings. The van der Waals surface area contributed by atoms with Crippen LogP contribution in [0.5, 0.6) is 0 Å². The van der Waals surface area contributed by atoms with E-state index in [4.69, 9.17) is 25.8 Å². The van der Waals surface area contributed by atoms with Crippen LogP contribution in [0.25, 0.3) is 11.8 Å². The molecule has 0 aliphatic carbocycles. The number of hydrogen-bond acceptors (Lipinski definition) is 10. The molecule has 2 aliphatic heterocycles. The van der Waals surface area contributed by atoms with Gasteiger partial charge in [-0.15, -0.1) is 5.10 Å². The summed E-state index contributed by atoms with van der Waals surface area (Å²) < 4.78 is 19.4. The maximum atomic E-state index is 14.6. The van der Waals surface area contributed by atoms with Crippen LogP contribution in [0.15, 0.2) is 85.2 Å². The van der Waals surface area contributed by atoms with Crippen molar-refractivity contribution in [1.82, 2.24) is 30.0 Å². The predicted molar refractivity (Wildman–Crippen MR) is 218 cm³/mol. The van der Waals surface area contributed by atoms with E-state index in [1.165, 1.54) is 17.1 Å². The van der Waals surface area contributed by atoms with Crippen LogP contribution < -0.4 is 5.32 Å². The molecule has 15 heteroatoms. The Morgan fingerprint density at radius 1 is 0.879 bits per heavy atom. The molecular weight excluding hydrogens is 762 g/mol. The Kier molecular flexibility index (Phi) is 13.0. The highest BCUT2D eigenvalue weighted by Gasteiger charge is 2.45. The minimum atomic E-state index is -1.05. The van der Waals surface area contributed by atoms with Crippen LogP contribution in [0.4, 0.5) is 10.5 Å². The zero-order valence-electron chi connectivity index (χ0n) is 33.6. The van der Waals surface area contributed by atoms with Crippen molar-refractivity contribution in [3.8, 4) is 5.69 Å². The largest absolute Gasteiger partial charge is 0.456 e. The van der Waals surface area contributed by atoms with E-state index in [1.807, 2.05) is 51.1 Å². The Morgan fingerprint density at radius 3 is 2.21 bits per heavy atom. The van der Waals surface area contributed by atoms with Gasteiger partial charge in [0.15, 0.2) is 0 Å². The molecule has 306 valence electrons. The topological polar surface area (TPSA) is 158 Å². The number of tetrazole rings is 1. The molecule has 3 amide bonds. The minimum absolute atomic E-state index is 0.162. The smallest absolute Gasteiger partial charge is 0.410 e. The summed E-state index contributed by atoms with van der Waals surface area (Å²) in [7, 11) is 0. The highest BCUT2D eigenvalue weighted by molar-refractivity contribution is 6.30. The lowest BCUT2D eigenvalue weighted by Gasteiger charge is -2.45. The molecule has 0 spiro atoms. The van der Waals surface area contributed by atoms with Crippen LogP contribution >= 0.6 is 11.6 Å². The molecule has 3 unspecified atom stereocenters. The molecule has 3 aromatic carbocycles. The van der Waals surface area contributed by atoms with Gasteiger partial charge in [-0.1, -0.05) is 41.9 Å². The molecular formula is C43H50ClN7O7. The number of nitrogens with zero attached hydrogens (tertiary/aromatic N) is 6. The van der Waals surface area contributed by atoms with Crippen LogP contribution in [-0.4, -0.2) is 103 Å². The monoisotopic (exact) mass is 811 g/mol. The Hall–Kier alpha value is -5.60. The summed E-state index contributed by atoms with van der Waals surface area (Å²) in [6.45, 7) is 11.9. The van der Waals surface area contributed by atoms with Gasteiger partial charge in [0.2, 0.25) is 11.8 Å². The second-order valence-electron chi connectivity index (χ2n) is 16.5. The van der Waals surface area contributed by atoms with E-state index in [0.29, 0.717) is 59.9 Å². The highest BCUT2D eigenvalue weighted by Crippen LogP contribution is 2.35. The van der Waals surface area contributed by atoms with Gasteiger partial charge in [0.1, 0.15) is 23.6 Å². The molecule has 4 aromatic rings. The summed E-state index contributed by atoms with van der Waals surface area (Å²) in [5.74, 6) is -1.52. The first-order chi connectivity index (χ1) is 27.5. The number of carbonyl (C=O) groups is 4. The Morgan fingerprint density at radius 2 is 1.57 bits per heavy atom. The van der Waals surface area contributed by atoms with Crippen LogP contribution in [-0.2, 0) is 23.8 Å². The standard InChI is InChI=1S/C43H50ClN7O7/c1-42(2,3)57-40(54)29-12-16-33(17-13-29)46-39(53)38-36(56-34-20-22-49(23-21-34)41(55)58-43(4,5)6)25-31(28-10-8-7-9-11-28)26-50(38)37(52)19-14-30-24-32(44)15-18-35(30)51-27-45-47-48-51/h7-19,24,27,31,34,36,38H,20-23,25-26H2,1-6H3,(H,46,53). The Bertz CT molecular complexity index is 2090. The third kappa shape index (κ3) is 11.1. The van der Waals surface area contributed by atoms with Gasteiger partial charge in [-0.25, -0.2) is 9.59 Å². The minimum Gasteiger partial charge on any atom is -0.456 e. The van der Waals surface area contributed by atoms with Gasteiger partial charge in [0.05, 0.1) is 23.5 Å². The number of carbonyl (C=O) groups excluding carboxylic acids is 4. The first kappa shape index (κ1) is 42.0. The van der Waals surface area contributed by atoms with Crippen LogP contribution in [0.1, 0.15) is 88.2 Å². The molecule has 3 heterocycles. The van der Waals surface area contributed by atoms with E-state index in [2.05, 4.69) is 20.8 Å². The van der Waals surface area contributed by atoms with Crippen molar-refractivity contribution in [2.24, 2.45) is 0 Å². The number of rotatable bonds is 9. The summed E-state index contributed by atoms with van der Waals surface area (Å²) in [6.07, 6.45) is 4.59. The Labute approximate surface area is 343 Å². The number of likely N-dealkylation sites (tertiary alicyclic amines) is 2. The average Bonchev–Trinajstić information content (AvgIpc) is 3.71. The molecule has 6 rings (SSSR count). The number of aromatic nitrogens is 4. The lowest BCUT2D eigenvalue weighted by atomic mass is 9.84. The molecule has 0 bridgehead atoms. The summed E-state index contributed by atoms with van der Waals surface area (Å²) in [4.78, 5) is 57.9. The van der Waals surface area contributed by atoms with Gasteiger partial charge in [-0.05, 0) is 125 Å². The van der Waals surface area contributed by atoms with E-state index >= 15 is 0 Å². The lowest BCUT2D eigenvalue weighted by molar-refractivity contribution is -0.151. The molecule has 2 saturated heterocycles. The molecule has 2 aliphatic rings. The summed E-state index contributed by atoms with van der Waals surface area (Å²) in [6, 6.07) is 20.4. The maximum Gasteiger partial charge on any atom is 0.410 e. The predicted octanol–water partition coefficient (Wildman–Crippen LogP) is 7.09. The average molecular weight is 812 g/mol.